The zero-order valence-electron chi connectivity index (χ0n) is 7.23. The van der Waals surface area contributed by atoms with Crippen LogP contribution in [0.5, 0.6) is 0 Å². The van der Waals surface area contributed by atoms with Crippen LogP contribution < -0.4 is 5.73 Å². The molecule has 0 saturated carbocycles. The van der Waals surface area contributed by atoms with Crippen molar-refractivity contribution in [3.63, 3.8) is 0 Å². The van der Waals surface area contributed by atoms with Gasteiger partial charge in [-0.15, -0.1) is 11.8 Å². The number of hydrogen-bond acceptors (Lipinski definition) is 3. The lowest BCUT2D eigenvalue weighted by molar-refractivity contribution is 0.821. The molecule has 1 rings (SSSR count). The van der Waals surface area contributed by atoms with Gasteiger partial charge in [-0.25, -0.2) is 4.98 Å². The van der Waals surface area contributed by atoms with E-state index in [1.165, 1.54) is 0 Å². The fourth-order valence-corrected chi connectivity index (χ4v) is 1.86. The van der Waals surface area contributed by atoms with E-state index < -0.39 is 0 Å². The van der Waals surface area contributed by atoms with Crippen molar-refractivity contribution in [2.24, 2.45) is 5.73 Å². The van der Waals surface area contributed by atoms with Crippen LogP contribution in [0.3, 0.4) is 0 Å². The molecule has 0 amide bonds. The van der Waals surface area contributed by atoms with Crippen molar-refractivity contribution in [3.8, 4) is 0 Å². The van der Waals surface area contributed by atoms with E-state index in [-0.39, 0.29) is 0 Å². The molecule has 0 bridgehead atoms. The third-order valence-electron chi connectivity index (χ3n) is 1.53. The molecule has 1 atom stereocenters. The second-order valence-electron chi connectivity index (χ2n) is 2.67. The third kappa shape index (κ3) is 3.24. The van der Waals surface area contributed by atoms with Crippen molar-refractivity contribution in [3.05, 3.63) is 24.4 Å². The molecule has 1 unspecified atom stereocenters. The molecule has 0 spiro atoms. The smallest absolute Gasteiger partial charge is 0.0962 e. The van der Waals surface area contributed by atoms with Gasteiger partial charge in [-0.1, -0.05) is 13.0 Å². The van der Waals surface area contributed by atoms with Gasteiger partial charge in [0.25, 0.3) is 0 Å². The van der Waals surface area contributed by atoms with Crippen molar-refractivity contribution in [1.82, 2.24) is 4.98 Å². The van der Waals surface area contributed by atoms with E-state index in [0.29, 0.717) is 5.25 Å². The van der Waals surface area contributed by atoms with Gasteiger partial charge in [0, 0.05) is 11.4 Å². The van der Waals surface area contributed by atoms with Gasteiger partial charge in [0.05, 0.1) is 5.03 Å². The van der Waals surface area contributed by atoms with Gasteiger partial charge in [-0.2, -0.15) is 0 Å². The van der Waals surface area contributed by atoms with Crippen LogP contribution in [0.1, 0.15) is 13.3 Å². The fraction of sp³-hybridized carbons (Fsp3) is 0.444. The first-order valence-corrected chi connectivity index (χ1v) is 4.98. The van der Waals surface area contributed by atoms with Crippen molar-refractivity contribution >= 4 is 11.8 Å². The summed E-state index contributed by atoms with van der Waals surface area (Å²) in [6, 6.07) is 5.96. The van der Waals surface area contributed by atoms with Crippen molar-refractivity contribution < 1.29 is 0 Å². The quantitative estimate of drug-likeness (QED) is 0.723. The lowest BCUT2D eigenvalue weighted by Gasteiger charge is -2.07. The highest BCUT2D eigenvalue weighted by Crippen LogP contribution is 2.21. The Hall–Kier alpha value is -0.540. The fourth-order valence-electron chi connectivity index (χ4n) is 0.917. The van der Waals surface area contributed by atoms with Gasteiger partial charge in [-0.3, -0.25) is 0 Å². The summed E-state index contributed by atoms with van der Waals surface area (Å²) >= 11 is 1.78. The van der Waals surface area contributed by atoms with E-state index in [2.05, 4.69) is 11.9 Å². The van der Waals surface area contributed by atoms with Gasteiger partial charge in [-0.05, 0) is 25.1 Å². The summed E-state index contributed by atoms with van der Waals surface area (Å²) in [4.78, 5) is 4.22. The molecule has 2 nitrogen and oxygen atoms in total. The van der Waals surface area contributed by atoms with Crippen LogP contribution in [-0.2, 0) is 0 Å². The second-order valence-corrected chi connectivity index (χ2v) is 4.13. The minimum Gasteiger partial charge on any atom is -0.330 e. The molecule has 0 aliphatic rings. The van der Waals surface area contributed by atoms with Gasteiger partial charge in [0.1, 0.15) is 0 Å². The van der Waals surface area contributed by atoms with Crippen LogP contribution in [-0.4, -0.2) is 16.8 Å². The summed E-state index contributed by atoms with van der Waals surface area (Å²) in [7, 11) is 0. The summed E-state index contributed by atoms with van der Waals surface area (Å²) in [5.74, 6) is 0. The number of nitrogens with zero attached hydrogens (tertiary/aromatic N) is 1. The molecule has 0 saturated heterocycles. The molecule has 0 aromatic carbocycles. The van der Waals surface area contributed by atoms with E-state index in [9.17, 15) is 0 Å². The molecular weight excluding hydrogens is 168 g/mol. The minimum absolute atomic E-state index is 0.560. The van der Waals surface area contributed by atoms with Crippen LogP contribution in [0.15, 0.2) is 29.4 Å². The van der Waals surface area contributed by atoms with Crippen molar-refractivity contribution in [2.75, 3.05) is 6.54 Å². The van der Waals surface area contributed by atoms with Crippen molar-refractivity contribution in [2.45, 2.75) is 23.6 Å². The molecule has 0 aliphatic heterocycles. The third-order valence-corrected chi connectivity index (χ3v) is 2.65. The van der Waals surface area contributed by atoms with Crippen LogP contribution in [0.4, 0.5) is 0 Å². The SMILES string of the molecule is CC(CCN)Sc1ccccn1. The first kappa shape index (κ1) is 9.55. The predicted octanol–water partition coefficient (Wildman–Crippen LogP) is 1.91. The first-order valence-electron chi connectivity index (χ1n) is 4.10. The van der Waals surface area contributed by atoms with Gasteiger partial charge in [0.15, 0.2) is 0 Å². The normalized spacial score (nSPS) is 12.8. The van der Waals surface area contributed by atoms with Crippen LogP contribution in [0, 0.1) is 0 Å². The number of nitrogens with two attached hydrogens (primary N) is 1. The maximum atomic E-state index is 5.45. The minimum atomic E-state index is 0.560. The van der Waals surface area contributed by atoms with Crippen molar-refractivity contribution in [1.29, 1.82) is 0 Å². The molecule has 2 N–H and O–H groups in total. The highest BCUT2D eigenvalue weighted by molar-refractivity contribution is 7.99. The van der Waals surface area contributed by atoms with E-state index >= 15 is 0 Å². The molecule has 0 aliphatic carbocycles. The van der Waals surface area contributed by atoms with E-state index in [0.717, 1.165) is 18.0 Å². The lowest BCUT2D eigenvalue weighted by Crippen LogP contribution is -2.06. The van der Waals surface area contributed by atoms with E-state index in [4.69, 9.17) is 5.73 Å². The van der Waals surface area contributed by atoms with E-state index in [1.807, 2.05) is 24.4 Å². The maximum Gasteiger partial charge on any atom is 0.0962 e. The van der Waals surface area contributed by atoms with Crippen LogP contribution >= 0.6 is 11.8 Å². The Morgan fingerprint density at radius 2 is 2.42 bits per heavy atom. The molecule has 1 aromatic rings. The van der Waals surface area contributed by atoms with Crippen LogP contribution in [0.25, 0.3) is 0 Å². The zero-order valence-corrected chi connectivity index (χ0v) is 8.05. The largest absolute Gasteiger partial charge is 0.330 e. The highest BCUT2D eigenvalue weighted by atomic mass is 32.2. The average Bonchev–Trinajstić information content (AvgIpc) is 2.06. The highest BCUT2D eigenvalue weighted by Gasteiger charge is 2.02. The van der Waals surface area contributed by atoms with Gasteiger partial charge < -0.3 is 5.73 Å². The summed E-state index contributed by atoms with van der Waals surface area (Å²) in [6.07, 6.45) is 2.86. The number of thioether (sulfide) groups is 1. The topological polar surface area (TPSA) is 38.9 Å². The molecule has 1 heterocycles. The Kier molecular flexibility index (Phi) is 4.11. The summed E-state index contributed by atoms with van der Waals surface area (Å²) in [6.45, 7) is 2.92. The number of aromatic nitrogens is 1. The standard InChI is InChI=1S/C9H14N2S/c1-8(5-6-10)12-9-4-2-3-7-11-9/h2-4,7-8H,5-6,10H2,1H3. The maximum absolute atomic E-state index is 5.45. The Balaban J connectivity index is 2.41. The predicted molar refractivity (Wildman–Crippen MR) is 53.2 cm³/mol. The molecule has 0 radical (unpaired) electrons. The summed E-state index contributed by atoms with van der Waals surface area (Å²) < 4.78 is 0. The molecule has 1 aromatic heterocycles. The number of rotatable bonds is 4. The van der Waals surface area contributed by atoms with Crippen LogP contribution in [0.2, 0.25) is 0 Å². The molecule has 3 heteroatoms. The lowest BCUT2D eigenvalue weighted by atomic mass is 10.3. The van der Waals surface area contributed by atoms with Gasteiger partial charge in [0.2, 0.25) is 0 Å². The Morgan fingerprint density at radius 3 is 3.00 bits per heavy atom. The summed E-state index contributed by atoms with van der Waals surface area (Å²) in [5.41, 5.74) is 5.45. The Bertz CT molecular complexity index is 213. The molecule has 0 fully saturated rings. The van der Waals surface area contributed by atoms with E-state index in [1.54, 1.807) is 11.8 Å². The second kappa shape index (κ2) is 5.17. The average molecular weight is 182 g/mol. The summed E-state index contributed by atoms with van der Waals surface area (Å²) in [5, 5.41) is 1.64. The monoisotopic (exact) mass is 182 g/mol. The molecular formula is C9H14N2S. The zero-order chi connectivity index (χ0) is 8.81. The Morgan fingerprint density at radius 1 is 1.58 bits per heavy atom. The first-order chi connectivity index (χ1) is 5.83. The molecule has 66 valence electrons. The molecule has 12 heavy (non-hydrogen) atoms. The Labute approximate surface area is 77.6 Å². The number of hydrogen-bond donors (Lipinski definition) is 1. The van der Waals surface area contributed by atoms with Gasteiger partial charge >= 0.3 is 0 Å². The number of pyridine rings is 1.